The molecule has 0 fully saturated rings. The monoisotopic (exact) mass is 260 g/mol. The second kappa shape index (κ2) is 4.43. The number of hydrogen-bond donors (Lipinski definition) is 2. The molecular weight excluding hydrogens is 252 g/mol. The second-order valence-electron chi connectivity index (χ2n) is 2.60. The third-order valence-electron chi connectivity index (χ3n) is 1.73. The lowest BCUT2D eigenvalue weighted by Gasteiger charge is -2.11. The van der Waals surface area contributed by atoms with E-state index >= 15 is 0 Å². The molecule has 1 rings (SSSR count). The number of esters is 1. The van der Waals surface area contributed by atoms with Crippen LogP contribution < -0.4 is 0 Å². The molecule has 0 radical (unpaired) electrons. The molecule has 0 aliphatic heterocycles. The number of methoxy groups -OCH3 is 1. The number of phenols is 1. The van der Waals surface area contributed by atoms with Crippen LogP contribution in [0.3, 0.4) is 0 Å². The lowest BCUT2D eigenvalue weighted by Crippen LogP contribution is -2.14. The molecule has 0 spiro atoms. The first-order valence-corrected chi connectivity index (χ1v) is 4.60. The Morgan fingerprint density at radius 2 is 2.21 bits per heavy atom. The smallest absolute Gasteiger partial charge is 0.339 e. The highest BCUT2D eigenvalue weighted by atomic mass is 79.9. The van der Waals surface area contributed by atoms with Gasteiger partial charge < -0.3 is 14.9 Å². The summed E-state index contributed by atoms with van der Waals surface area (Å²) in [5.41, 5.74) is 0.111. The molecule has 0 saturated heterocycles. The van der Waals surface area contributed by atoms with E-state index in [1.165, 1.54) is 13.2 Å². The number of hydrogen-bond acceptors (Lipinski definition) is 4. The van der Waals surface area contributed by atoms with E-state index in [0.717, 1.165) is 0 Å². The lowest BCUT2D eigenvalue weighted by atomic mass is 10.1. The van der Waals surface area contributed by atoms with E-state index in [9.17, 15) is 15.0 Å². The highest BCUT2D eigenvalue weighted by Gasteiger charge is 2.23. The summed E-state index contributed by atoms with van der Waals surface area (Å²) >= 11 is 3.12. The van der Waals surface area contributed by atoms with E-state index in [1.54, 1.807) is 12.1 Å². The summed E-state index contributed by atoms with van der Waals surface area (Å²) < 4.78 is 4.81. The van der Waals surface area contributed by atoms with Crippen LogP contribution in [0, 0.1) is 0 Å². The summed E-state index contributed by atoms with van der Waals surface area (Å²) in [6, 6.07) is 4.58. The average Bonchev–Trinajstić information content (AvgIpc) is 2.16. The molecule has 1 aromatic carbocycles. The van der Waals surface area contributed by atoms with E-state index in [1.807, 2.05) is 0 Å². The van der Waals surface area contributed by atoms with Gasteiger partial charge in [0.05, 0.1) is 7.11 Å². The van der Waals surface area contributed by atoms with Crippen molar-refractivity contribution in [1.82, 2.24) is 0 Å². The number of carbonyl (C=O) groups excluding carboxylic acids is 1. The standard InChI is InChI=1S/C9H9BrO4/c1-14-9(13)8(12)7-5(10)3-2-4-6(7)11/h2-4,8,11-12H,1H3. The van der Waals surface area contributed by atoms with Crippen molar-refractivity contribution in [2.75, 3.05) is 7.11 Å². The fraction of sp³-hybridized carbons (Fsp3) is 0.222. The van der Waals surface area contributed by atoms with Crippen LogP contribution in [-0.2, 0) is 9.53 Å². The van der Waals surface area contributed by atoms with E-state index in [-0.39, 0.29) is 11.3 Å². The molecule has 2 N–H and O–H groups in total. The summed E-state index contributed by atoms with van der Waals surface area (Å²) in [6.45, 7) is 0. The Balaban J connectivity index is 3.11. The molecule has 0 bridgehead atoms. The zero-order valence-electron chi connectivity index (χ0n) is 7.40. The molecular formula is C9H9BrO4. The van der Waals surface area contributed by atoms with Crippen LogP contribution in [-0.4, -0.2) is 23.3 Å². The van der Waals surface area contributed by atoms with Gasteiger partial charge in [-0.2, -0.15) is 0 Å². The van der Waals surface area contributed by atoms with E-state index < -0.39 is 12.1 Å². The van der Waals surface area contributed by atoms with Crippen LogP contribution in [0.4, 0.5) is 0 Å². The van der Waals surface area contributed by atoms with Crippen molar-refractivity contribution in [2.45, 2.75) is 6.10 Å². The maximum atomic E-state index is 11.0. The molecule has 4 nitrogen and oxygen atoms in total. The lowest BCUT2D eigenvalue weighted by molar-refractivity contribution is -0.150. The van der Waals surface area contributed by atoms with Crippen LogP contribution in [0.15, 0.2) is 22.7 Å². The maximum Gasteiger partial charge on any atom is 0.339 e. The summed E-state index contributed by atoms with van der Waals surface area (Å²) in [6.07, 6.45) is -1.48. The fourth-order valence-electron chi connectivity index (χ4n) is 1.03. The Morgan fingerprint density at radius 3 is 2.71 bits per heavy atom. The van der Waals surface area contributed by atoms with Gasteiger partial charge in [0, 0.05) is 10.0 Å². The molecule has 5 heteroatoms. The van der Waals surface area contributed by atoms with Gasteiger partial charge in [-0.3, -0.25) is 0 Å². The van der Waals surface area contributed by atoms with Crippen molar-refractivity contribution in [1.29, 1.82) is 0 Å². The predicted octanol–water partition coefficient (Wildman–Crippen LogP) is 1.36. The molecule has 0 aromatic heterocycles. The third kappa shape index (κ3) is 2.05. The van der Waals surface area contributed by atoms with Crippen LogP contribution in [0.25, 0.3) is 0 Å². The Bertz CT molecular complexity index is 330. The number of benzene rings is 1. The summed E-state index contributed by atoms with van der Waals surface area (Å²) in [5.74, 6) is -0.968. The number of aromatic hydroxyl groups is 1. The number of aliphatic hydroxyl groups is 1. The Labute approximate surface area is 89.3 Å². The van der Waals surface area contributed by atoms with Gasteiger partial charge in [0.1, 0.15) is 5.75 Å². The van der Waals surface area contributed by atoms with Gasteiger partial charge in [-0.25, -0.2) is 4.79 Å². The van der Waals surface area contributed by atoms with Crippen molar-refractivity contribution < 1.29 is 19.7 Å². The van der Waals surface area contributed by atoms with Crippen molar-refractivity contribution in [2.24, 2.45) is 0 Å². The first kappa shape index (κ1) is 11.0. The molecule has 1 atom stereocenters. The van der Waals surface area contributed by atoms with Gasteiger partial charge >= 0.3 is 5.97 Å². The van der Waals surface area contributed by atoms with Gasteiger partial charge in [-0.15, -0.1) is 0 Å². The van der Waals surface area contributed by atoms with Gasteiger partial charge in [0.15, 0.2) is 6.10 Å². The number of ether oxygens (including phenoxy) is 1. The Kier molecular flexibility index (Phi) is 3.49. The number of carbonyl (C=O) groups is 1. The van der Waals surface area contributed by atoms with E-state index in [4.69, 9.17) is 0 Å². The number of aliphatic hydroxyl groups excluding tert-OH is 1. The minimum atomic E-state index is -1.48. The Hall–Kier alpha value is -1.07. The molecule has 0 heterocycles. The molecule has 1 aromatic rings. The van der Waals surface area contributed by atoms with Crippen molar-refractivity contribution in [3.05, 3.63) is 28.2 Å². The zero-order valence-corrected chi connectivity index (χ0v) is 8.98. The van der Waals surface area contributed by atoms with Crippen molar-refractivity contribution in [3.63, 3.8) is 0 Å². The molecule has 0 aliphatic rings. The highest BCUT2D eigenvalue weighted by Crippen LogP contribution is 2.31. The topological polar surface area (TPSA) is 66.8 Å². The normalized spacial score (nSPS) is 12.2. The molecule has 0 saturated carbocycles. The number of halogens is 1. The van der Waals surface area contributed by atoms with Gasteiger partial charge in [-0.05, 0) is 12.1 Å². The van der Waals surface area contributed by atoms with Crippen molar-refractivity contribution >= 4 is 21.9 Å². The molecule has 0 aliphatic carbocycles. The van der Waals surface area contributed by atoms with Gasteiger partial charge in [0.25, 0.3) is 0 Å². The van der Waals surface area contributed by atoms with Crippen molar-refractivity contribution in [3.8, 4) is 5.75 Å². The molecule has 14 heavy (non-hydrogen) atoms. The SMILES string of the molecule is COC(=O)C(O)c1c(O)cccc1Br. The second-order valence-corrected chi connectivity index (χ2v) is 3.45. The largest absolute Gasteiger partial charge is 0.508 e. The van der Waals surface area contributed by atoms with Crippen LogP contribution in [0.5, 0.6) is 5.75 Å². The summed E-state index contributed by atoms with van der Waals surface area (Å²) in [4.78, 5) is 11.0. The maximum absolute atomic E-state index is 11.0. The van der Waals surface area contributed by atoms with Gasteiger partial charge in [0.2, 0.25) is 0 Å². The zero-order chi connectivity index (χ0) is 10.7. The third-order valence-corrected chi connectivity index (χ3v) is 2.42. The quantitative estimate of drug-likeness (QED) is 0.789. The fourth-order valence-corrected chi connectivity index (χ4v) is 1.60. The summed E-state index contributed by atoms with van der Waals surface area (Å²) in [5, 5.41) is 18.9. The minimum Gasteiger partial charge on any atom is -0.508 e. The van der Waals surface area contributed by atoms with E-state index in [0.29, 0.717) is 4.47 Å². The van der Waals surface area contributed by atoms with Crippen LogP contribution in [0.2, 0.25) is 0 Å². The minimum absolute atomic E-state index is 0.111. The van der Waals surface area contributed by atoms with Crippen LogP contribution >= 0.6 is 15.9 Å². The average molecular weight is 261 g/mol. The first-order valence-electron chi connectivity index (χ1n) is 3.81. The predicted molar refractivity (Wildman–Crippen MR) is 52.8 cm³/mol. The Morgan fingerprint density at radius 1 is 1.57 bits per heavy atom. The van der Waals surface area contributed by atoms with Gasteiger partial charge in [-0.1, -0.05) is 22.0 Å². The molecule has 0 amide bonds. The van der Waals surface area contributed by atoms with E-state index in [2.05, 4.69) is 20.7 Å². The first-order chi connectivity index (χ1) is 6.57. The molecule has 1 unspecified atom stereocenters. The summed E-state index contributed by atoms with van der Waals surface area (Å²) in [7, 11) is 1.17. The molecule has 76 valence electrons. The number of rotatable bonds is 2. The van der Waals surface area contributed by atoms with Crippen LogP contribution in [0.1, 0.15) is 11.7 Å². The number of phenolic OH excluding ortho intramolecular Hbond substituents is 1. The highest BCUT2D eigenvalue weighted by molar-refractivity contribution is 9.10.